The third-order valence-corrected chi connectivity index (χ3v) is 5.89. The summed E-state index contributed by atoms with van der Waals surface area (Å²) < 4.78 is 7.49. The van der Waals surface area contributed by atoms with Crippen molar-refractivity contribution in [3.8, 4) is 11.4 Å². The second-order valence-electron chi connectivity index (χ2n) is 5.98. The molecule has 2 heterocycles. The van der Waals surface area contributed by atoms with E-state index in [2.05, 4.69) is 26.6 Å². The number of thiazole rings is 1. The van der Waals surface area contributed by atoms with Crippen molar-refractivity contribution in [3.63, 3.8) is 0 Å². The predicted molar refractivity (Wildman–Crippen MR) is 111 cm³/mol. The minimum absolute atomic E-state index is 0.429. The highest BCUT2D eigenvalue weighted by Crippen LogP contribution is 2.24. The lowest BCUT2D eigenvalue weighted by molar-refractivity contribution is 0.305. The van der Waals surface area contributed by atoms with Crippen LogP contribution in [-0.2, 0) is 12.4 Å². The summed E-state index contributed by atoms with van der Waals surface area (Å²) in [6.45, 7) is 2.47. The molecule has 0 bridgehead atoms. The van der Waals surface area contributed by atoms with Crippen LogP contribution in [0.25, 0.3) is 5.69 Å². The van der Waals surface area contributed by atoms with Gasteiger partial charge in [0, 0.05) is 16.2 Å². The van der Waals surface area contributed by atoms with Gasteiger partial charge >= 0.3 is 0 Å². The van der Waals surface area contributed by atoms with E-state index in [1.165, 1.54) is 0 Å². The van der Waals surface area contributed by atoms with Crippen molar-refractivity contribution in [3.05, 3.63) is 75.2 Å². The molecule has 0 saturated carbocycles. The Hall–Kier alpha value is -2.42. The second kappa shape index (κ2) is 8.72. The average molecular weight is 430 g/mol. The fourth-order valence-electron chi connectivity index (χ4n) is 2.49. The van der Waals surface area contributed by atoms with Crippen molar-refractivity contribution in [1.29, 1.82) is 0 Å². The van der Waals surface area contributed by atoms with E-state index in [9.17, 15) is 0 Å². The summed E-state index contributed by atoms with van der Waals surface area (Å²) >= 11 is 9.01. The smallest absolute Gasteiger partial charge is 0.214 e. The molecule has 6 nitrogen and oxygen atoms in total. The van der Waals surface area contributed by atoms with Crippen molar-refractivity contribution < 1.29 is 4.74 Å². The molecule has 0 spiro atoms. The number of benzene rings is 2. The largest absolute Gasteiger partial charge is 0.486 e. The van der Waals surface area contributed by atoms with Gasteiger partial charge in [-0.15, -0.1) is 16.4 Å². The number of hydrogen-bond donors (Lipinski definition) is 0. The highest BCUT2D eigenvalue weighted by atomic mass is 35.5. The molecular weight excluding hydrogens is 414 g/mol. The number of halogens is 1. The SMILES string of the molecule is Cc1cccc(-n2nnnc2SCc2csc(COc3ccc(Cl)cc3)n2)c1. The maximum atomic E-state index is 5.88. The highest BCUT2D eigenvalue weighted by molar-refractivity contribution is 7.98. The van der Waals surface area contributed by atoms with Gasteiger partial charge in [0.05, 0.1) is 11.4 Å². The number of thioether (sulfide) groups is 1. The molecule has 0 radical (unpaired) electrons. The van der Waals surface area contributed by atoms with Crippen LogP contribution >= 0.6 is 34.7 Å². The summed E-state index contributed by atoms with van der Waals surface area (Å²) in [4.78, 5) is 4.63. The van der Waals surface area contributed by atoms with Gasteiger partial charge in [0.1, 0.15) is 17.4 Å². The molecule has 0 unspecified atom stereocenters. The van der Waals surface area contributed by atoms with E-state index in [0.717, 1.165) is 32.9 Å². The van der Waals surface area contributed by atoms with Crippen LogP contribution < -0.4 is 4.74 Å². The summed E-state index contributed by atoms with van der Waals surface area (Å²) in [6.07, 6.45) is 0. The molecule has 4 rings (SSSR count). The summed E-state index contributed by atoms with van der Waals surface area (Å²) in [5, 5.41) is 16.4. The van der Waals surface area contributed by atoms with E-state index in [-0.39, 0.29) is 0 Å². The van der Waals surface area contributed by atoms with Gasteiger partial charge in [0.15, 0.2) is 0 Å². The molecule has 0 saturated heterocycles. The molecule has 142 valence electrons. The lowest BCUT2D eigenvalue weighted by Gasteiger charge is -2.04. The normalized spacial score (nSPS) is 10.9. The molecule has 0 fully saturated rings. The van der Waals surface area contributed by atoms with Gasteiger partial charge < -0.3 is 4.74 Å². The van der Waals surface area contributed by atoms with Gasteiger partial charge in [-0.2, -0.15) is 4.68 Å². The fourth-order valence-corrected chi connectivity index (χ4v) is 4.21. The first kappa shape index (κ1) is 18.9. The zero-order valence-electron chi connectivity index (χ0n) is 14.9. The first-order chi connectivity index (χ1) is 13.7. The molecule has 0 N–H and O–H groups in total. The summed E-state index contributed by atoms with van der Waals surface area (Å²) in [6, 6.07) is 15.4. The molecule has 28 heavy (non-hydrogen) atoms. The van der Waals surface area contributed by atoms with Crippen LogP contribution in [0.2, 0.25) is 5.02 Å². The van der Waals surface area contributed by atoms with Gasteiger partial charge in [-0.1, -0.05) is 35.5 Å². The first-order valence-corrected chi connectivity index (χ1v) is 10.7. The summed E-state index contributed by atoms with van der Waals surface area (Å²) in [5.74, 6) is 1.46. The van der Waals surface area contributed by atoms with Crippen LogP contribution in [0, 0.1) is 6.92 Å². The van der Waals surface area contributed by atoms with E-state index in [1.54, 1.807) is 39.9 Å². The molecule has 2 aromatic carbocycles. The predicted octanol–water partition coefficient (Wildman–Crippen LogP) is 4.95. The van der Waals surface area contributed by atoms with Crippen LogP contribution in [0.1, 0.15) is 16.3 Å². The molecule has 4 aromatic rings. The van der Waals surface area contributed by atoms with Gasteiger partial charge in [-0.05, 0) is 59.3 Å². The van der Waals surface area contributed by atoms with Gasteiger partial charge in [-0.3, -0.25) is 0 Å². The average Bonchev–Trinajstić information content (AvgIpc) is 3.35. The van der Waals surface area contributed by atoms with Gasteiger partial charge in [-0.25, -0.2) is 4.98 Å². The number of aryl methyl sites for hydroxylation is 1. The van der Waals surface area contributed by atoms with Crippen LogP contribution in [0.4, 0.5) is 0 Å². The Morgan fingerprint density at radius 3 is 2.86 bits per heavy atom. The monoisotopic (exact) mass is 429 g/mol. The zero-order valence-corrected chi connectivity index (χ0v) is 17.3. The molecule has 0 aliphatic heterocycles. The number of aromatic nitrogens is 5. The Bertz CT molecular complexity index is 1060. The molecule has 0 amide bonds. The van der Waals surface area contributed by atoms with E-state index < -0.39 is 0 Å². The molecule has 0 atom stereocenters. The summed E-state index contributed by atoms with van der Waals surface area (Å²) in [5.41, 5.74) is 3.08. The Labute approximate surface area is 175 Å². The zero-order chi connectivity index (χ0) is 19.3. The molecule has 0 aliphatic carbocycles. The standard InChI is InChI=1S/C19H16ClN5OS2/c1-13-3-2-4-16(9-13)25-19(22-23-24-25)28-12-15-11-27-18(21-15)10-26-17-7-5-14(20)6-8-17/h2-9,11H,10,12H2,1H3. The Morgan fingerprint density at radius 1 is 1.18 bits per heavy atom. The van der Waals surface area contributed by atoms with Crippen molar-refractivity contribution in [2.24, 2.45) is 0 Å². The maximum absolute atomic E-state index is 5.88. The third-order valence-electron chi connectivity index (χ3n) is 3.81. The van der Waals surface area contributed by atoms with Gasteiger partial charge in [0.2, 0.25) is 5.16 Å². The Balaban J connectivity index is 1.36. The topological polar surface area (TPSA) is 65.7 Å². The van der Waals surface area contributed by atoms with Crippen LogP contribution in [-0.4, -0.2) is 25.2 Å². The van der Waals surface area contributed by atoms with Crippen LogP contribution in [0.15, 0.2) is 59.1 Å². The number of nitrogens with zero attached hydrogens (tertiary/aromatic N) is 5. The number of hydrogen-bond acceptors (Lipinski definition) is 7. The lowest BCUT2D eigenvalue weighted by atomic mass is 10.2. The lowest BCUT2D eigenvalue weighted by Crippen LogP contribution is -1.99. The molecule has 2 aromatic heterocycles. The minimum Gasteiger partial charge on any atom is -0.486 e. The third kappa shape index (κ3) is 4.70. The van der Waals surface area contributed by atoms with Gasteiger partial charge in [0.25, 0.3) is 0 Å². The van der Waals surface area contributed by atoms with Crippen molar-refractivity contribution in [2.45, 2.75) is 24.4 Å². The molecular formula is C19H16ClN5OS2. The molecule has 0 aliphatic rings. The van der Waals surface area contributed by atoms with E-state index in [4.69, 9.17) is 16.3 Å². The maximum Gasteiger partial charge on any atom is 0.214 e. The first-order valence-electron chi connectivity index (χ1n) is 8.47. The van der Waals surface area contributed by atoms with E-state index in [0.29, 0.717) is 17.4 Å². The van der Waals surface area contributed by atoms with E-state index >= 15 is 0 Å². The van der Waals surface area contributed by atoms with Crippen LogP contribution in [0.5, 0.6) is 5.75 Å². The Kier molecular flexibility index (Phi) is 5.90. The number of tetrazole rings is 1. The van der Waals surface area contributed by atoms with E-state index in [1.807, 2.05) is 42.6 Å². The fraction of sp³-hybridized carbons (Fsp3) is 0.158. The second-order valence-corrected chi connectivity index (χ2v) is 8.30. The number of rotatable bonds is 7. The minimum atomic E-state index is 0.429. The van der Waals surface area contributed by atoms with Crippen molar-refractivity contribution >= 4 is 34.7 Å². The quantitative estimate of drug-likeness (QED) is 0.387. The number of ether oxygens (including phenoxy) is 1. The Morgan fingerprint density at radius 2 is 2.04 bits per heavy atom. The highest BCUT2D eigenvalue weighted by Gasteiger charge is 2.11. The molecule has 9 heteroatoms. The van der Waals surface area contributed by atoms with Crippen LogP contribution in [0.3, 0.4) is 0 Å². The van der Waals surface area contributed by atoms with Crippen molar-refractivity contribution in [1.82, 2.24) is 25.2 Å². The summed E-state index contributed by atoms with van der Waals surface area (Å²) in [7, 11) is 0. The van der Waals surface area contributed by atoms with Crippen molar-refractivity contribution in [2.75, 3.05) is 0 Å².